The predicted octanol–water partition coefficient (Wildman–Crippen LogP) is 1.60. The highest BCUT2D eigenvalue weighted by atomic mass is 16.4. The maximum absolute atomic E-state index is 11.2. The molecule has 17 heavy (non-hydrogen) atoms. The molecule has 0 radical (unpaired) electrons. The second kappa shape index (κ2) is 3.09. The highest BCUT2D eigenvalue weighted by Crippen LogP contribution is 2.64. The number of rotatable bonds is 2. The second-order valence-electron chi connectivity index (χ2n) is 4.93. The first-order valence-electron chi connectivity index (χ1n) is 5.61. The third kappa shape index (κ3) is 1.24. The van der Waals surface area contributed by atoms with Gasteiger partial charge < -0.3 is 10.2 Å². The highest BCUT2D eigenvalue weighted by Gasteiger charge is 2.64. The fourth-order valence-electron chi connectivity index (χ4n) is 3.21. The van der Waals surface area contributed by atoms with E-state index in [0.29, 0.717) is 12.8 Å². The number of benzene rings is 1. The summed E-state index contributed by atoms with van der Waals surface area (Å²) in [6.45, 7) is 0. The van der Waals surface area contributed by atoms with E-state index in [0.717, 1.165) is 11.1 Å². The maximum atomic E-state index is 11.2. The van der Waals surface area contributed by atoms with Gasteiger partial charge in [0.25, 0.3) is 0 Å². The van der Waals surface area contributed by atoms with Crippen molar-refractivity contribution in [1.29, 1.82) is 0 Å². The first-order valence-corrected chi connectivity index (χ1v) is 5.61. The summed E-state index contributed by atoms with van der Waals surface area (Å²) in [4.78, 5) is 22.3. The lowest BCUT2D eigenvalue weighted by Gasteiger charge is -2.08. The Kier molecular flexibility index (Phi) is 1.88. The number of carboxylic acids is 2. The van der Waals surface area contributed by atoms with Gasteiger partial charge in [0.1, 0.15) is 0 Å². The highest BCUT2D eigenvalue weighted by molar-refractivity contribution is 5.83. The fourth-order valence-corrected chi connectivity index (χ4v) is 3.21. The standard InChI is InChI=1S/C13H12O4/c14-11(15)8-5-13(6-10(13)12(16)17)9-4-2-1-3-7(8)9/h1-4,8,10H,5-6H2,(H,14,15)(H,16,17). The van der Waals surface area contributed by atoms with Crippen LogP contribution in [0.5, 0.6) is 0 Å². The van der Waals surface area contributed by atoms with Crippen LogP contribution in [0.4, 0.5) is 0 Å². The predicted molar refractivity (Wildman–Crippen MR) is 58.9 cm³/mol. The lowest BCUT2D eigenvalue weighted by molar-refractivity contribution is -0.141. The molecule has 2 aliphatic rings. The lowest BCUT2D eigenvalue weighted by atomic mass is 9.95. The molecular formula is C13H12O4. The number of hydrogen-bond acceptors (Lipinski definition) is 2. The fraction of sp³-hybridized carbons (Fsp3) is 0.385. The molecule has 0 aromatic heterocycles. The van der Waals surface area contributed by atoms with Crippen LogP contribution in [0.3, 0.4) is 0 Å². The monoisotopic (exact) mass is 232 g/mol. The summed E-state index contributed by atoms with van der Waals surface area (Å²) in [6, 6.07) is 7.34. The van der Waals surface area contributed by atoms with Crippen molar-refractivity contribution in [2.24, 2.45) is 5.92 Å². The minimum absolute atomic E-state index is 0.409. The number of aliphatic carboxylic acids is 2. The van der Waals surface area contributed by atoms with Crippen molar-refractivity contribution in [3.8, 4) is 0 Å². The molecule has 4 nitrogen and oxygen atoms in total. The van der Waals surface area contributed by atoms with Crippen molar-refractivity contribution in [3.05, 3.63) is 35.4 Å². The summed E-state index contributed by atoms with van der Waals surface area (Å²) in [5, 5.41) is 18.3. The molecule has 3 atom stereocenters. The number of carbonyl (C=O) groups is 2. The van der Waals surface area contributed by atoms with Gasteiger partial charge in [0.15, 0.2) is 0 Å². The molecule has 0 amide bonds. The van der Waals surface area contributed by atoms with Crippen molar-refractivity contribution in [2.45, 2.75) is 24.2 Å². The van der Waals surface area contributed by atoms with E-state index in [2.05, 4.69) is 0 Å². The molecule has 0 saturated heterocycles. The molecule has 1 fully saturated rings. The Balaban J connectivity index is 2.08. The van der Waals surface area contributed by atoms with E-state index in [1.54, 1.807) is 6.07 Å². The molecule has 3 rings (SSSR count). The summed E-state index contributed by atoms with van der Waals surface area (Å²) < 4.78 is 0. The smallest absolute Gasteiger partial charge is 0.311 e. The molecule has 0 heterocycles. The van der Waals surface area contributed by atoms with Gasteiger partial charge in [-0.1, -0.05) is 24.3 Å². The van der Waals surface area contributed by atoms with E-state index in [1.807, 2.05) is 18.2 Å². The Morgan fingerprint density at radius 1 is 1.12 bits per heavy atom. The molecule has 1 aromatic rings. The average Bonchev–Trinajstić information content (AvgIpc) is 2.91. The maximum Gasteiger partial charge on any atom is 0.311 e. The molecule has 1 aromatic carbocycles. The van der Waals surface area contributed by atoms with E-state index in [9.17, 15) is 14.7 Å². The number of fused-ring (bicyclic) bond motifs is 2. The van der Waals surface area contributed by atoms with Crippen LogP contribution < -0.4 is 0 Å². The van der Waals surface area contributed by atoms with Crippen LogP contribution in [0.25, 0.3) is 0 Å². The zero-order chi connectivity index (χ0) is 12.2. The van der Waals surface area contributed by atoms with Gasteiger partial charge in [-0.2, -0.15) is 0 Å². The van der Waals surface area contributed by atoms with Crippen molar-refractivity contribution < 1.29 is 19.8 Å². The minimum atomic E-state index is -0.856. The topological polar surface area (TPSA) is 74.6 Å². The van der Waals surface area contributed by atoms with Crippen LogP contribution >= 0.6 is 0 Å². The van der Waals surface area contributed by atoms with E-state index in [-0.39, 0.29) is 0 Å². The van der Waals surface area contributed by atoms with E-state index < -0.39 is 29.2 Å². The Morgan fingerprint density at radius 3 is 2.41 bits per heavy atom. The molecule has 4 heteroatoms. The van der Waals surface area contributed by atoms with Gasteiger partial charge >= 0.3 is 11.9 Å². The summed E-state index contributed by atoms with van der Waals surface area (Å²) >= 11 is 0. The summed E-state index contributed by atoms with van der Waals surface area (Å²) in [6.07, 6.45) is 1.00. The number of carboxylic acid groups (broad SMARTS) is 2. The molecular weight excluding hydrogens is 220 g/mol. The molecule has 2 aliphatic carbocycles. The van der Waals surface area contributed by atoms with Crippen molar-refractivity contribution in [3.63, 3.8) is 0 Å². The van der Waals surface area contributed by atoms with Crippen LogP contribution in [-0.4, -0.2) is 22.2 Å². The lowest BCUT2D eigenvalue weighted by Crippen LogP contribution is -2.14. The van der Waals surface area contributed by atoms with Crippen molar-refractivity contribution in [2.75, 3.05) is 0 Å². The van der Waals surface area contributed by atoms with Crippen LogP contribution in [0, 0.1) is 5.92 Å². The van der Waals surface area contributed by atoms with Gasteiger partial charge in [0.2, 0.25) is 0 Å². The zero-order valence-electron chi connectivity index (χ0n) is 9.09. The van der Waals surface area contributed by atoms with Crippen LogP contribution in [0.15, 0.2) is 24.3 Å². The molecule has 3 unspecified atom stereocenters. The average molecular weight is 232 g/mol. The van der Waals surface area contributed by atoms with Gasteiger partial charge in [0, 0.05) is 5.41 Å². The van der Waals surface area contributed by atoms with E-state index in [1.165, 1.54) is 0 Å². The minimum Gasteiger partial charge on any atom is -0.481 e. The van der Waals surface area contributed by atoms with Crippen LogP contribution in [-0.2, 0) is 15.0 Å². The Hall–Kier alpha value is -1.84. The first-order chi connectivity index (χ1) is 8.06. The van der Waals surface area contributed by atoms with Crippen molar-refractivity contribution in [1.82, 2.24) is 0 Å². The van der Waals surface area contributed by atoms with Gasteiger partial charge in [-0.15, -0.1) is 0 Å². The van der Waals surface area contributed by atoms with Crippen LogP contribution in [0.1, 0.15) is 29.9 Å². The Labute approximate surface area is 97.9 Å². The van der Waals surface area contributed by atoms with E-state index >= 15 is 0 Å². The third-order valence-electron chi connectivity index (χ3n) is 4.11. The number of hydrogen-bond donors (Lipinski definition) is 2. The molecule has 1 spiro atoms. The molecule has 88 valence electrons. The first kappa shape index (κ1) is 10.3. The van der Waals surface area contributed by atoms with Gasteiger partial charge in [-0.25, -0.2) is 0 Å². The largest absolute Gasteiger partial charge is 0.481 e. The molecule has 0 aliphatic heterocycles. The molecule has 1 saturated carbocycles. The third-order valence-corrected chi connectivity index (χ3v) is 4.11. The second-order valence-corrected chi connectivity index (χ2v) is 4.93. The molecule has 0 bridgehead atoms. The Bertz CT molecular complexity index is 522. The van der Waals surface area contributed by atoms with Gasteiger partial charge in [-0.05, 0) is 24.0 Å². The SMILES string of the molecule is O=C(O)C1CC2(CC2C(=O)O)c2ccccc21. The normalized spacial score (nSPS) is 33.4. The molecule has 2 N–H and O–H groups in total. The summed E-state index contributed by atoms with van der Waals surface area (Å²) in [5.74, 6) is -2.63. The zero-order valence-corrected chi connectivity index (χ0v) is 9.09. The van der Waals surface area contributed by atoms with Gasteiger partial charge in [-0.3, -0.25) is 9.59 Å². The summed E-state index contributed by atoms with van der Waals surface area (Å²) in [5.41, 5.74) is 1.31. The van der Waals surface area contributed by atoms with E-state index in [4.69, 9.17) is 5.11 Å². The van der Waals surface area contributed by atoms with Crippen molar-refractivity contribution >= 4 is 11.9 Å². The van der Waals surface area contributed by atoms with Gasteiger partial charge in [0.05, 0.1) is 11.8 Å². The Morgan fingerprint density at radius 2 is 1.82 bits per heavy atom. The van der Waals surface area contributed by atoms with Crippen LogP contribution in [0.2, 0.25) is 0 Å². The summed E-state index contributed by atoms with van der Waals surface area (Å²) in [7, 11) is 0. The quantitative estimate of drug-likeness (QED) is 0.812.